The number of pyridine rings is 1. The van der Waals surface area contributed by atoms with Crippen molar-refractivity contribution in [3.05, 3.63) is 54.2 Å². The minimum absolute atomic E-state index is 0.560. The average Bonchev–Trinajstić information content (AvgIpc) is 3.03. The van der Waals surface area contributed by atoms with Crippen LogP contribution < -0.4 is 5.32 Å². The van der Waals surface area contributed by atoms with Crippen molar-refractivity contribution < 1.29 is 0 Å². The molecule has 22 heavy (non-hydrogen) atoms. The predicted molar refractivity (Wildman–Crippen MR) is 92.4 cm³/mol. The van der Waals surface area contributed by atoms with E-state index < -0.39 is 0 Å². The molecule has 0 bridgehead atoms. The van der Waals surface area contributed by atoms with Gasteiger partial charge in [-0.15, -0.1) is 0 Å². The minimum Gasteiger partial charge on any atom is -0.340 e. The van der Waals surface area contributed by atoms with E-state index in [2.05, 4.69) is 46.4 Å². The zero-order chi connectivity index (χ0) is 15.2. The monoisotopic (exact) mass is 295 g/mol. The van der Waals surface area contributed by atoms with E-state index >= 15 is 0 Å². The van der Waals surface area contributed by atoms with Crippen LogP contribution in [0.15, 0.2) is 48.7 Å². The molecule has 3 heteroatoms. The maximum absolute atomic E-state index is 4.60. The van der Waals surface area contributed by atoms with Gasteiger partial charge in [-0.2, -0.15) is 0 Å². The summed E-state index contributed by atoms with van der Waals surface area (Å²) in [5, 5.41) is 3.34. The summed E-state index contributed by atoms with van der Waals surface area (Å²) in [5.41, 5.74) is 2.43. The molecule has 0 radical (unpaired) electrons. The molecule has 0 saturated carbocycles. The molecule has 3 rings (SSSR count). The van der Waals surface area contributed by atoms with E-state index in [1.165, 1.54) is 44.3 Å². The first-order valence-corrected chi connectivity index (χ1v) is 8.39. The summed E-state index contributed by atoms with van der Waals surface area (Å²) in [6.07, 6.45) is 7.16. The largest absolute Gasteiger partial charge is 0.340 e. The van der Waals surface area contributed by atoms with Crippen molar-refractivity contribution in [1.29, 1.82) is 0 Å². The van der Waals surface area contributed by atoms with Gasteiger partial charge in [-0.1, -0.05) is 37.6 Å². The molecule has 1 aliphatic rings. The van der Waals surface area contributed by atoms with Gasteiger partial charge >= 0.3 is 0 Å². The maximum Gasteiger partial charge on any atom is 0.130 e. The quantitative estimate of drug-likeness (QED) is 0.832. The third-order valence-electron chi connectivity index (χ3n) is 4.38. The molecule has 0 spiro atoms. The lowest BCUT2D eigenvalue weighted by Gasteiger charge is -2.24. The topological polar surface area (TPSA) is 28.2 Å². The van der Waals surface area contributed by atoms with Crippen LogP contribution in [0.2, 0.25) is 0 Å². The number of likely N-dealkylation sites (tertiary alicyclic amines) is 1. The smallest absolute Gasteiger partial charge is 0.130 e. The molecular weight excluding hydrogens is 270 g/mol. The van der Waals surface area contributed by atoms with Crippen LogP contribution in [0.25, 0.3) is 0 Å². The van der Waals surface area contributed by atoms with E-state index in [4.69, 9.17) is 0 Å². The Morgan fingerprint density at radius 1 is 1.18 bits per heavy atom. The lowest BCUT2D eigenvalue weighted by atomic mass is 10.1. The molecular formula is C19H25N3. The van der Waals surface area contributed by atoms with Crippen molar-refractivity contribution in [2.24, 2.45) is 0 Å². The first-order chi connectivity index (χ1) is 10.9. The van der Waals surface area contributed by atoms with Gasteiger partial charge in [0.1, 0.15) is 5.82 Å². The Morgan fingerprint density at radius 2 is 2.05 bits per heavy atom. The van der Waals surface area contributed by atoms with E-state index in [0.29, 0.717) is 6.04 Å². The van der Waals surface area contributed by atoms with Crippen molar-refractivity contribution in [3.8, 4) is 0 Å². The second-order valence-electron chi connectivity index (χ2n) is 6.02. The number of rotatable bonds is 6. The van der Waals surface area contributed by atoms with Crippen LogP contribution in [0.4, 0.5) is 11.5 Å². The third-order valence-corrected chi connectivity index (χ3v) is 4.38. The summed E-state index contributed by atoms with van der Waals surface area (Å²) >= 11 is 0. The number of hydrogen-bond acceptors (Lipinski definition) is 3. The highest BCUT2D eigenvalue weighted by Gasteiger charge is 2.25. The highest BCUT2D eigenvalue weighted by Crippen LogP contribution is 2.32. The number of aromatic nitrogens is 1. The van der Waals surface area contributed by atoms with E-state index in [9.17, 15) is 0 Å². The number of anilines is 2. The minimum atomic E-state index is 0.560. The average molecular weight is 295 g/mol. The molecule has 1 aliphatic heterocycles. The zero-order valence-corrected chi connectivity index (χ0v) is 13.3. The van der Waals surface area contributed by atoms with E-state index in [-0.39, 0.29) is 0 Å². The first kappa shape index (κ1) is 15.0. The van der Waals surface area contributed by atoms with Crippen LogP contribution in [0, 0.1) is 0 Å². The highest BCUT2D eigenvalue weighted by molar-refractivity contribution is 5.55. The summed E-state index contributed by atoms with van der Waals surface area (Å²) in [6, 6.07) is 15.1. The number of nitrogens with one attached hydrogen (secondary N) is 1. The molecule has 1 aromatic heterocycles. The Hall–Kier alpha value is -1.87. The number of benzene rings is 1. The van der Waals surface area contributed by atoms with Crippen molar-refractivity contribution in [1.82, 2.24) is 9.88 Å². The maximum atomic E-state index is 4.60. The molecule has 1 aromatic carbocycles. The number of unbranched alkanes of at least 4 members (excludes halogenated alkanes) is 1. The lowest BCUT2D eigenvalue weighted by Crippen LogP contribution is -2.24. The van der Waals surface area contributed by atoms with Crippen molar-refractivity contribution in [2.45, 2.75) is 38.6 Å². The Bertz CT molecular complexity index is 565. The second-order valence-corrected chi connectivity index (χ2v) is 6.02. The Balaban J connectivity index is 1.66. The molecule has 1 fully saturated rings. The Morgan fingerprint density at radius 3 is 2.77 bits per heavy atom. The summed E-state index contributed by atoms with van der Waals surface area (Å²) in [6.45, 7) is 4.70. The Labute approximate surface area is 133 Å². The van der Waals surface area contributed by atoms with E-state index in [1.807, 2.05) is 24.4 Å². The summed E-state index contributed by atoms with van der Waals surface area (Å²) < 4.78 is 0. The molecule has 0 aliphatic carbocycles. The van der Waals surface area contributed by atoms with Gasteiger partial charge in [0, 0.05) is 17.9 Å². The van der Waals surface area contributed by atoms with Gasteiger partial charge in [0.25, 0.3) is 0 Å². The molecule has 3 nitrogen and oxygen atoms in total. The molecule has 0 unspecified atom stereocenters. The van der Waals surface area contributed by atoms with Crippen molar-refractivity contribution >= 4 is 11.5 Å². The number of hydrogen-bond donors (Lipinski definition) is 1. The molecule has 1 saturated heterocycles. The predicted octanol–water partition coefficient (Wildman–Crippen LogP) is 4.76. The molecule has 2 aromatic rings. The Kier molecular flexibility index (Phi) is 5.07. The summed E-state index contributed by atoms with van der Waals surface area (Å²) in [7, 11) is 0. The fourth-order valence-corrected chi connectivity index (χ4v) is 3.18. The number of para-hydroxylation sites is 1. The van der Waals surface area contributed by atoms with Crippen LogP contribution in [0.5, 0.6) is 0 Å². The lowest BCUT2D eigenvalue weighted by molar-refractivity contribution is 0.253. The van der Waals surface area contributed by atoms with E-state index in [1.54, 1.807) is 0 Å². The van der Waals surface area contributed by atoms with Gasteiger partial charge in [-0.3, -0.25) is 4.90 Å². The molecule has 1 N–H and O–H groups in total. The number of nitrogens with zero attached hydrogens (tertiary/aromatic N) is 2. The first-order valence-electron chi connectivity index (χ1n) is 8.39. The zero-order valence-electron chi connectivity index (χ0n) is 13.3. The fraction of sp³-hybridized carbons (Fsp3) is 0.421. The summed E-state index contributed by atoms with van der Waals surface area (Å²) in [4.78, 5) is 7.21. The van der Waals surface area contributed by atoms with Gasteiger partial charge in [0.05, 0.1) is 0 Å². The fourth-order valence-electron chi connectivity index (χ4n) is 3.18. The van der Waals surface area contributed by atoms with E-state index in [0.717, 1.165) is 11.5 Å². The summed E-state index contributed by atoms with van der Waals surface area (Å²) in [5.74, 6) is 0.910. The SMILES string of the molecule is CCCCN1CCC[C@@H]1c1ccc(Nc2ccccc2)nc1. The molecule has 2 heterocycles. The van der Waals surface area contributed by atoms with Gasteiger partial charge in [0.2, 0.25) is 0 Å². The van der Waals surface area contributed by atoms with Crippen LogP contribution >= 0.6 is 0 Å². The molecule has 0 amide bonds. The third kappa shape index (κ3) is 3.66. The second kappa shape index (κ2) is 7.41. The van der Waals surface area contributed by atoms with Crippen LogP contribution in [-0.2, 0) is 0 Å². The van der Waals surface area contributed by atoms with Crippen molar-refractivity contribution in [2.75, 3.05) is 18.4 Å². The van der Waals surface area contributed by atoms with Gasteiger partial charge in [0.15, 0.2) is 0 Å². The van der Waals surface area contributed by atoms with Gasteiger partial charge in [-0.05, 0) is 56.1 Å². The standard InChI is InChI=1S/C19H25N3/c1-2-3-13-22-14-7-10-18(22)16-11-12-19(20-15-16)21-17-8-5-4-6-9-17/h4-6,8-9,11-12,15,18H,2-3,7,10,13-14H2,1H3,(H,20,21)/t18-/m1/s1. The van der Waals surface area contributed by atoms with Crippen LogP contribution in [-0.4, -0.2) is 23.0 Å². The van der Waals surface area contributed by atoms with Gasteiger partial charge < -0.3 is 5.32 Å². The van der Waals surface area contributed by atoms with Crippen LogP contribution in [0.3, 0.4) is 0 Å². The molecule has 1 atom stereocenters. The highest BCUT2D eigenvalue weighted by atomic mass is 15.2. The molecule has 116 valence electrons. The normalized spacial score (nSPS) is 18.5. The van der Waals surface area contributed by atoms with Crippen molar-refractivity contribution in [3.63, 3.8) is 0 Å². The van der Waals surface area contributed by atoms with Gasteiger partial charge in [-0.25, -0.2) is 4.98 Å². The van der Waals surface area contributed by atoms with Crippen LogP contribution in [0.1, 0.15) is 44.2 Å².